The molecule has 0 aromatic heterocycles. The SMILES string of the molecule is CCOC(=O)COc1c(Cl)cc(NC(=O)NC(=O)c2c(F)cccc2F)cc1Cl. The minimum absolute atomic E-state index is 0.0168. The van der Waals surface area contributed by atoms with Gasteiger partial charge in [-0.2, -0.15) is 0 Å². The summed E-state index contributed by atoms with van der Waals surface area (Å²) in [6.45, 7) is 1.38. The van der Waals surface area contributed by atoms with Gasteiger partial charge in [0.2, 0.25) is 0 Å². The van der Waals surface area contributed by atoms with Crippen LogP contribution in [0.5, 0.6) is 5.75 Å². The first kappa shape index (κ1) is 22.4. The number of carbonyl (C=O) groups excluding carboxylic acids is 3. The molecule has 0 aliphatic heterocycles. The maximum atomic E-state index is 13.6. The van der Waals surface area contributed by atoms with Crippen molar-refractivity contribution in [1.82, 2.24) is 5.32 Å². The van der Waals surface area contributed by atoms with Crippen LogP contribution in [0.1, 0.15) is 17.3 Å². The van der Waals surface area contributed by atoms with Gasteiger partial charge in [-0.25, -0.2) is 18.4 Å². The molecule has 29 heavy (non-hydrogen) atoms. The summed E-state index contributed by atoms with van der Waals surface area (Å²) in [4.78, 5) is 35.2. The molecule has 0 atom stereocenters. The quantitative estimate of drug-likeness (QED) is 0.649. The molecule has 0 aliphatic rings. The van der Waals surface area contributed by atoms with Crippen molar-refractivity contribution < 1.29 is 32.6 Å². The van der Waals surface area contributed by atoms with Crippen molar-refractivity contribution in [1.29, 1.82) is 0 Å². The number of amides is 3. The summed E-state index contributed by atoms with van der Waals surface area (Å²) in [6, 6.07) is 4.24. The lowest BCUT2D eigenvalue weighted by Crippen LogP contribution is -2.35. The lowest BCUT2D eigenvalue weighted by molar-refractivity contribution is -0.145. The van der Waals surface area contributed by atoms with Crippen LogP contribution in [0.25, 0.3) is 0 Å². The monoisotopic (exact) mass is 446 g/mol. The van der Waals surface area contributed by atoms with Crippen LogP contribution in [0.2, 0.25) is 10.0 Å². The molecule has 0 saturated carbocycles. The Morgan fingerprint density at radius 2 is 1.66 bits per heavy atom. The van der Waals surface area contributed by atoms with E-state index in [4.69, 9.17) is 32.7 Å². The van der Waals surface area contributed by atoms with E-state index in [1.165, 1.54) is 12.1 Å². The maximum Gasteiger partial charge on any atom is 0.344 e. The largest absolute Gasteiger partial charge is 0.479 e. The van der Waals surface area contributed by atoms with Crippen LogP contribution in [0.4, 0.5) is 19.3 Å². The Bertz CT molecular complexity index is 913. The summed E-state index contributed by atoms with van der Waals surface area (Å²) < 4.78 is 37.1. The molecule has 2 aromatic carbocycles. The fourth-order valence-corrected chi connectivity index (χ4v) is 2.74. The molecule has 0 aliphatic carbocycles. The van der Waals surface area contributed by atoms with Crippen LogP contribution >= 0.6 is 23.2 Å². The van der Waals surface area contributed by atoms with Gasteiger partial charge in [0.15, 0.2) is 12.4 Å². The number of hydrogen-bond donors (Lipinski definition) is 2. The van der Waals surface area contributed by atoms with Gasteiger partial charge >= 0.3 is 12.0 Å². The molecule has 0 radical (unpaired) electrons. The van der Waals surface area contributed by atoms with E-state index in [1.807, 2.05) is 0 Å². The van der Waals surface area contributed by atoms with Gasteiger partial charge in [-0.1, -0.05) is 29.3 Å². The number of halogens is 4. The molecule has 7 nitrogen and oxygen atoms in total. The van der Waals surface area contributed by atoms with Gasteiger partial charge in [-0.3, -0.25) is 10.1 Å². The van der Waals surface area contributed by atoms with Crippen LogP contribution in [-0.4, -0.2) is 31.1 Å². The summed E-state index contributed by atoms with van der Waals surface area (Å²) in [5.74, 6) is -4.16. The fourth-order valence-electron chi connectivity index (χ4n) is 2.15. The molecule has 3 amide bonds. The molecular formula is C18H14Cl2F2N2O5. The van der Waals surface area contributed by atoms with Gasteiger partial charge in [0.1, 0.15) is 17.2 Å². The van der Waals surface area contributed by atoms with Crippen LogP contribution in [0.15, 0.2) is 30.3 Å². The first-order valence-electron chi connectivity index (χ1n) is 8.06. The third kappa shape index (κ3) is 6.03. The zero-order chi connectivity index (χ0) is 21.6. The standard InChI is InChI=1S/C18H14Cl2F2N2O5/c1-2-28-14(25)8-29-16-10(19)6-9(7-11(16)20)23-18(27)24-17(26)15-12(21)4-3-5-13(15)22/h3-7H,2,8H2,1H3,(H2,23,24,26,27). The van der Waals surface area contributed by atoms with Crippen molar-refractivity contribution in [2.45, 2.75) is 6.92 Å². The van der Waals surface area contributed by atoms with Crippen molar-refractivity contribution in [3.8, 4) is 5.75 Å². The number of urea groups is 1. The van der Waals surface area contributed by atoms with Gasteiger partial charge in [0.25, 0.3) is 5.91 Å². The highest BCUT2D eigenvalue weighted by Gasteiger charge is 2.20. The van der Waals surface area contributed by atoms with E-state index in [-0.39, 0.29) is 28.1 Å². The molecule has 2 rings (SSSR count). The number of benzene rings is 2. The van der Waals surface area contributed by atoms with Gasteiger partial charge in [-0.05, 0) is 31.2 Å². The third-order valence-corrected chi connectivity index (χ3v) is 3.87. The first-order chi connectivity index (χ1) is 13.7. The van der Waals surface area contributed by atoms with Gasteiger partial charge in [0, 0.05) is 5.69 Å². The van der Waals surface area contributed by atoms with Crippen molar-refractivity contribution in [3.05, 3.63) is 57.6 Å². The lowest BCUT2D eigenvalue weighted by Gasteiger charge is -2.12. The Balaban J connectivity index is 2.05. The average molecular weight is 447 g/mol. The van der Waals surface area contributed by atoms with E-state index < -0.39 is 41.7 Å². The van der Waals surface area contributed by atoms with E-state index in [2.05, 4.69) is 5.32 Å². The molecule has 2 aromatic rings. The van der Waals surface area contributed by atoms with Crippen molar-refractivity contribution in [2.24, 2.45) is 0 Å². The number of anilines is 1. The maximum absolute atomic E-state index is 13.6. The number of ether oxygens (including phenoxy) is 2. The molecule has 0 unspecified atom stereocenters. The van der Waals surface area contributed by atoms with Crippen molar-refractivity contribution in [2.75, 3.05) is 18.5 Å². The fraction of sp³-hybridized carbons (Fsp3) is 0.167. The van der Waals surface area contributed by atoms with E-state index in [9.17, 15) is 23.2 Å². The summed E-state index contributed by atoms with van der Waals surface area (Å²) in [7, 11) is 0. The Morgan fingerprint density at radius 3 is 2.21 bits per heavy atom. The number of nitrogens with one attached hydrogen (secondary N) is 2. The Labute approximate surface area is 173 Å². The van der Waals surface area contributed by atoms with E-state index in [0.717, 1.165) is 18.2 Å². The third-order valence-electron chi connectivity index (χ3n) is 3.31. The number of hydrogen-bond acceptors (Lipinski definition) is 5. The normalized spacial score (nSPS) is 10.2. The van der Waals surface area contributed by atoms with Crippen LogP contribution in [-0.2, 0) is 9.53 Å². The Morgan fingerprint density at radius 1 is 1.07 bits per heavy atom. The second-order valence-electron chi connectivity index (χ2n) is 5.37. The average Bonchev–Trinajstić information content (AvgIpc) is 2.60. The zero-order valence-electron chi connectivity index (χ0n) is 14.9. The molecule has 0 bridgehead atoms. The molecule has 0 heterocycles. The second-order valence-corrected chi connectivity index (χ2v) is 6.18. The number of carbonyl (C=O) groups is 3. The van der Waals surface area contributed by atoms with Crippen molar-refractivity contribution in [3.63, 3.8) is 0 Å². The highest BCUT2D eigenvalue weighted by atomic mass is 35.5. The van der Waals surface area contributed by atoms with Gasteiger partial charge in [-0.15, -0.1) is 0 Å². The number of rotatable bonds is 6. The molecule has 2 N–H and O–H groups in total. The predicted molar refractivity (Wildman–Crippen MR) is 101 cm³/mol. The second kappa shape index (κ2) is 10.0. The first-order valence-corrected chi connectivity index (χ1v) is 8.82. The molecule has 0 fully saturated rings. The topological polar surface area (TPSA) is 93.7 Å². The number of esters is 1. The highest BCUT2D eigenvalue weighted by Crippen LogP contribution is 2.36. The van der Waals surface area contributed by atoms with Crippen LogP contribution in [0.3, 0.4) is 0 Å². The highest BCUT2D eigenvalue weighted by molar-refractivity contribution is 6.37. The Hall–Kier alpha value is -2.91. The molecular weight excluding hydrogens is 433 g/mol. The summed E-state index contributed by atoms with van der Waals surface area (Å²) in [5, 5.41) is 3.95. The van der Waals surface area contributed by atoms with Crippen molar-refractivity contribution >= 4 is 46.8 Å². The van der Waals surface area contributed by atoms with E-state index >= 15 is 0 Å². The summed E-state index contributed by atoms with van der Waals surface area (Å²) in [5.41, 5.74) is -0.843. The Kier molecular flexibility index (Phi) is 7.74. The summed E-state index contributed by atoms with van der Waals surface area (Å²) in [6.07, 6.45) is 0. The molecule has 0 spiro atoms. The van der Waals surface area contributed by atoms with E-state index in [1.54, 1.807) is 12.2 Å². The van der Waals surface area contributed by atoms with Gasteiger partial charge < -0.3 is 14.8 Å². The lowest BCUT2D eigenvalue weighted by atomic mass is 10.2. The smallest absolute Gasteiger partial charge is 0.344 e. The summed E-state index contributed by atoms with van der Waals surface area (Å²) >= 11 is 12.0. The zero-order valence-corrected chi connectivity index (χ0v) is 16.4. The minimum atomic E-state index is -1.27. The molecule has 154 valence electrons. The molecule has 11 heteroatoms. The predicted octanol–water partition coefficient (Wildman–Crippen LogP) is 4.18. The number of imide groups is 1. The minimum Gasteiger partial charge on any atom is -0.479 e. The van der Waals surface area contributed by atoms with E-state index in [0.29, 0.717) is 0 Å². The van der Waals surface area contributed by atoms with Gasteiger partial charge in [0.05, 0.1) is 16.7 Å². The van der Waals surface area contributed by atoms with Crippen LogP contribution in [0, 0.1) is 11.6 Å². The van der Waals surface area contributed by atoms with Crippen LogP contribution < -0.4 is 15.4 Å². The molecule has 0 saturated heterocycles.